The van der Waals surface area contributed by atoms with Crippen molar-refractivity contribution in [2.45, 2.75) is 19.6 Å². The Morgan fingerprint density at radius 3 is 2.65 bits per heavy atom. The van der Waals surface area contributed by atoms with Gasteiger partial charge in [0.05, 0.1) is 31.2 Å². The maximum Gasteiger partial charge on any atom is 0.280 e. The molecule has 0 radical (unpaired) electrons. The normalized spacial score (nSPS) is 23.9. The number of rotatable bonds is 4. The van der Waals surface area contributed by atoms with E-state index in [2.05, 4.69) is 87.9 Å². The molecule has 0 aromatic carbocycles. The van der Waals surface area contributed by atoms with Crippen LogP contribution in [0.2, 0.25) is 0 Å². The first-order valence-electron chi connectivity index (χ1n) is 10.6. The van der Waals surface area contributed by atoms with Gasteiger partial charge in [-0.05, 0) is 24.4 Å². The first kappa shape index (κ1) is 18.1. The molecule has 9 nitrogen and oxygen atoms in total. The van der Waals surface area contributed by atoms with Crippen molar-refractivity contribution >= 4 is 11.5 Å². The van der Waals surface area contributed by atoms with E-state index in [4.69, 9.17) is 0 Å². The Hall–Kier alpha value is -3.72. The van der Waals surface area contributed by atoms with Crippen LogP contribution in [0.5, 0.6) is 0 Å². The fourth-order valence-corrected chi connectivity index (χ4v) is 4.59. The molecule has 0 saturated carbocycles. The molecule has 0 spiro atoms. The molecule has 0 saturated heterocycles. The lowest BCUT2D eigenvalue weighted by Gasteiger charge is -2.28. The van der Waals surface area contributed by atoms with E-state index in [0.29, 0.717) is 0 Å². The molecule has 2 aromatic heterocycles. The van der Waals surface area contributed by atoms with Crippen molar-refractivity contribution in [2.75, 3.05) is 19.6 Å². The van der Waals surface area contributed by atoms with E-state index in [-0.39, 0.29) is 0 Å². The van der Waals surface area contributed by atoms with Gasteiger partial charge in [-0.25, -0.2) is 9.47 Å². The number of nitrogens with one attached hydrogen (secondary N) is 2. The maximum absolute atomic E-state index is 4.52. The Kier molecular flexibility index (Phi) is 4.38. The van der Waals surface area contributed by atoms with Gasteiger partial charge in [0.25, 0.3) is 5.82 Å². The molecule has 0 amide bonds. The summed E-state index contributed by atoms with van der Waals surface area (Å²) in [5, 5.41) is 15.5. The van der Waals surface area contributed by atoms with Gasteiger partial charge in [-0.2, -0.15) is 0 Å². The largest absolute Gasteiger partial charge is 0.461 e. The van der Waals surface area contributed by atoms with Gasteiger partial charge >= 0.3 is 0 Å². The van der Waals surface area contributed by atoms with Crippen LogP contribution in [0, 0.1) is 0 Å². The Morgan fingerprint density at radius 2 is 1.81 bits per heavy atom. The lowest BCUT2D eigenvalue weighted by molar-refractivity contribution is -0.786. The molecule has 0 unspecified atom stereocenters. The molecule has 0 aliphatic carbocycles. The second-order valence-electron chi connectivity index (χ2n) is 7.95. The van der Waals surface area contributed by atoms with E-state index in [1.54, 1.807) is 0 Å². The average molecular weight is 416 g/mol. The lowest BCUT2D eigenvalue weighted by atomic mass is 10.3. The molecule has 0 bridgehead atoms. The number of pyridine rings is 1. The number of hydrogen-bond donors (Lipinski definition) is 2. The lowest BCUT2D eigenvalue weighted by Crippen LogP contribution is -2.55. The van der Waals surface area contributed by atoms with Crippen molar-refractivity contribution in [3.63, 3.8) is 0 Å². The molecule has 2 N–H and O–H groups in total. The van der Waals surface area contributed by atoms with Crippen LogP contribution in [-0.4, -0.2) is 34.1 Å². The SMILES string of the molecule is C1=CNC(=C2CN(CCCN3Cc4cccc[n+]4C3=C3[N-]C=CN3)C[n+]3cccn32)[N-]1. The van der Waals surface area contributed by atoms with E-state index < -0.39 is 0 Å². The molecule has 4 aliphatic heterocycles. The van der Waals surface area contributed by atoms with Gasteiger partial charge in [0.15, 0.2) is 11.9 Å². The summed E-state index contributed by atoms with van der Waals surface area (Å²) in [4.78, 5) is 4.89. The highest BCUT2D eigenvalue weighted by atomic mass is 15.5. The minimum atomic E-state index is 0.867. The number of nitrogens with zero attached hydrogens (tertiary/aromatic N) is 7. The van der Waals surface area contributed by atoms with E-state index >= 15 is 0 Å². The second-order valence-corrected chi connectivity index (χ2v) is 7.95. The van der Waals surface area contributed by atoms with Crippen molar-refractivity contribution in [3.8, 4) is 0 Å². The predicted octanol–water partition coefficient (Wildman–Crippen LogP) is 1.35. The highest BCUT2D eigenvalue weighted by molar-refractivity contribution is 5.57. The highest BCUT2D eigenvalue weighted by Crippen LogP contribution is 2.25. The summed E-state index contributed by atoms with van der Waals surface area (Å²) in [6.45, 7) is 4.62. The smallest absolute Gasteiger partial charge is 0.280 e. The van der Waals surface area contributed by atoms with Crippen molar-refractivity contribution in [3.05, 3.63) is 95.6 Å². The highest BCUT2D eigenvalue weighted by Gasteiger charge is 2.33. The van der Waals surface area contributed by atoms with Crippen LogP contribution in [0.3, 0.4) is 0 Å². The van der Waals surface area contributed by atoms with Crippen LogP contribution in [0.15, 0.2) is 79.3 Å². The van der Waals surface area contributed by atoms with Gasteiger partial charge in [0, 0.05) is 18.4 Å². The molecule has 4 aliphatic rings. The Labute approximate surface area is 181 Å². The zero-order chi connectivity index (χ0) is 20.6. The van der Waals surface area contributed by atoms with Crippen LogP contribution in [0.25, 0.3) is 22.2 Å². The van der Waals surface area contributed by atoms with Gasteiger partial charge in [-0.15, -0.1) is 4.68 Å². The molecular formula is C22H25N9. The molecule has 0 fully saturated rings. The summed E-state index contributed by atoms with van der Waals surface area (Å²) in [5.41, 5.74) is 2.46. The van der Waals surface area contributed by atoms with Gasteiger partial charge in [0.1, 0.15) is 6.54 Å². The zero-order valence-corrected chi connectivity index (χ0v) is 17.2. The van der Waals surface area contributed by atoms with Gasteiger partial charge in [-0.3, -0.25) is 4.90 Å². The molecule has 6 rings (SSSR count). The third-order valence-electron chi connectivity index (χ3n) is 5.97. The van der Waals surface area contributed by atoms with E-state index in [1.807, 2.05) is 24.8 Å². The quantitative estimate of drug-likeness (QED) is 0.740. The average Bonchev–Trinajstić information content (AvgIpc) is 3.59. The first-order chi connectivity index (χ1) is 15.4. The first-order valence-corrected chi connectivity index (χ1v) is 10.6. The topological polar surface area (TPSA) is 71.4 Å². The molecule has 2 aromatic rings. The van der Waals surface area contributed by atoms with E-state index in [0.717, 1.165) is 56.7 Å². The summed E-state index contributed by atoms with van der Waals surface area (Å²) >= 11 is 0. The van der Waals surface area contributed by atoms with E-state index in [1.165, 1.54) is 11.4 Å². The van der Waals surface area contributed by atoms with Crippen molar-refractivity contribution in [1.82, 2.24) is 25.1 Å². The van der Waals surface area contributed by atoms with Crippen LogP contribution in [-0.2, 0) is 13.2 Å². The third-order valence-corrected chi connectivity index (χ3v) is 5.97. The molecular weight excluding hydrogens is 390 g/mol. The number of fused-ring (bicyclic) bond motifs is 2. The third kappa shape index (κ3) is 3.23. The monoisotopic (exact) mass is 415 g/mol. The Balaban J connectivity index is 1.16. The maximum atomic E-state index is 4.52. The summed E-state index contributed by atoms with van der Waals surface area (Å²) in [6.07, 6.45) is 14.8. The van der Waals surface area contributed by atoms with Crippen molar-refractivity contribution in [2.24, 2.45) is 0 Å². The van der Waals surface area contributed by atoms with Crippen LogP contribution in [0.4, 0.5) is 0 Å². The summed E-state index contributed by atoms with van der Waals surface area (Å²) in [7, 11) is 0. The van der Waals surface area contributed by atoms with E-state index in [9.17, 15) is 0 Å². The summed E-state index contributed by atoms with van der Waals surface area (Å²) in [5.74, 6) is 2.97. The summed E-state index contributed by atoms with van der Waals surface area (Å²) in [6, 6.07) is 8.43. The van der Waals surface area contributed by atoms with Gasteiger partial charge < -0.3 is 21.3 Å². The van der Waals surface area contributed by atoms with Gasteiger partial charge in [0.2, 0.25) is 6.67 Å². The van der Waals surface area contributed by atoms with Crippen LogP contribution in [0.1, 0.15) is 12.1 Å². The fraction of sp³-hybridized carbons (Fsp3) is 0.273. The number of aromatic nitrogens is 3. The van der Waals surface area contributed by atoms with Crippen molar-refractivity contribution < 1.29 is 9.25 Å². The predicted molar refractivity (Wildman–Crippen MR) is 116 cm³/mol. The van der Waals surface area contributed by atoms with Crippen molar-refractivity contribution in [1.29, 1.82) is 0 Å². The second kappa shape index (κ2) is 7.51. The molecule has 158 valence electrons. The molecule has 0 atom stereocenters. The molecule has 9 heteroatoms. The molecule has 6 heterocycles. The molecule has 31 heavy (non-hydrogen) atoms. The van der Waals surface area contributed by atoms with Gasteiger partial charge in [-0.1, -0.05) is 35.5 Å². The minimum absolute atomic E-state index is 0.867. The minimum Gasteiger partial charge on any atom is -0.461 e. The van der Waals surface area contributed by atoms with Crippen LogP contribution >= 0.6 is 0 Å². The van der Waals surface area contributed by atoms with Crippen LogP contribution < -0.4 is 19.9 Å². The Morgan fingerprint density at radius 1 is 0.935 bits per heavy atom. The summed E-state index contributed by atoms with van der Waals surface area (Å²) < 4.78 is 6.65. The standard InChI is InChI=1S/C22H25N9/c1-2-13-30-18(5-1)15-28(22(30)21-25-8-9-26-21)11-3-10-27-16-19(20-23-6-7-24-20)31-14-4-12-29(31)17-27/h1-2,4-9,12-14,23,25H,3,10-11,15-17H2. The fourth-order valence-electron chi connectivity index (χ4n) is 4.59. The Bertz CT molecular complexity index is 1100. The zero-order valence-electron chi connectivity index (χ0n) is 17.2. The number of hydrogen-bond acceptors (Lipinski definition) is 4.